The van der Waals surface area contributed by atoms with Crippen molar-refractivity contribution in [2.75, 3.05) is 31.6 Å². The number of aromatic nitrogens is 5. The number of ether oxygens (including phenoxy) is 2. The van der Waals surface area contributed by atoms with Crippen molar-refractivity contribution in [1.82, 2.24) is 19.5 Å². The molecule has 1 amide bonds. The van der Waals surface area contributed by atoms with Gasteiger partial charge in [0.2, 0.25) is 0 Å². The number of nitrogens with zero attached hydrogens (tertiary/aromatic N) is 5. The van der Waals surface area contributed by atoms with Crippen LogP contribution < -0.4 is 21.4 Å². The van der Waals surface area contributed by atoms with E-state index in [0.29, 0.717) is 13.0 Å². The summed E-state index contributed by atoms with van der Waals surface area (Å²) in [6.07, 6.45) is -2.00. The molecule has 0 spiro atoms. The van der Waals surface area contributed by atoms with Gasteiger partial charge in [-0.3, -0.25) is 23.2 Å². The van der Waals surface area contributed by atoms with Crippen LogP contribution in [0.5, 0.6) is 0 Å². The smallest absolute Gasteiger partial charge is 0.387 e. The van der Waals surface area contributed by atoms with E-state index in [0.717, 1.165) is 32.1 Å². The number of unbranched alkanes of at least 4 members (excludes halogenated alkanes) is 4. The minimum absolute atomic E-state index is 0.00868. The number of nitrogens with two attached hydrogens (primary N) is 2. The zero-order valence-electron chi connectivity index (χ0n) is 29.3. The fourth-order valence-corrected chi connectivity index (χ4v) is 8.05. The van der Waals surface area contributed by atoms with E-state index in [1.807, 2.05) is 0 Å². The van der Waals surface area contributed by atoms with E-state index < -0.39 is 83.8 Å². The summed E-state index contributed by atoms with van der Waals surface area (Å²) in [5, 5.41) is 45.3. The summed E-state index contributed by atoms with van der Waals surface area (Å²) in [6, 6.07) is 2.83. The van der Waals surface area contributed by atoms with Crippen molar-refractivity contribution in [3.63, 3.8) is 0 Å². The lowest BCUT2D eigenvalue weighted by atomic mass is 10.1. The van der Waals surface area contributed by atoms with Gasteiger partial charge in [-0.2, -0.15) is 8.88 Å². The highest BCUT2D eigenvalue weighted by molar-refractivity contribution is 7.61. The van der Waals surface area contributed by atoms with E-state index >= 15 is 0 Å². The van der Waals surface area contributed by atoms with E-state index in [9.17, 15) is 48.9 Å². The first-order valence-electron chi connectivity index (χ1n) is 17.2. The molecule has 25 heteroatoms. The van der Waals surface area contributed by atoms with Gasteiger partial charge in [-0.05, 0) is 25.5 Å². The highest BCUT2D eigenvalue weighted by Gasteiger charge is 2.50. The second kappa shape index (κ2) is 18.7. The number of hydrogen-bond acceptors (Lipinski definition) is 18. The molecule has 11 N–H and O–H groups in total. The molecule has 0 bridgehead atoms. The first-order valence-corrected chi connectivity index (χ1v) is 20.2. The van der Waals surface area contributed by atoms with Gasteiger partial charge in [0.15, 0.2) is 47.5 Å². The number of phosphoric ester groups is 2. The lowest BCUT2D eigenvalue weighted by molar-refractivity contribution is -0.765. The third-order valence-corrected chi connectivity index (χ3v) is 11.4. The van der Waals surface area contributed by atoms with Crippen LogP contribution in [0.4, 0.5) is 5.82 Å². The van der Waals surface area contributed by atoms with Gasteiger partial charge < -0.3 is 56.5 Å². The predicted molar refractivity (Wildman–Crippen MR) is 185 cm³/mol. The summed E-state index contributed by atoms with van der Waals surface area (Å²) in [6.45, 7) is -1.20. The first-order chi connectivity index (χ1) is 26.1. The summed E-state index contributed by atoms with van der Waals surface area (Å²) in [7, 11) is -10.8. The van der Waals surface area contributed by atoms with Gasteiger partial charge in [0.05, 0.1) is 26.1 Å². The Balaban J connectivity index is 1.12. The number of carbonyl (C=O) groups excluding carboxylic acids is 2. The Morgan fingerprint density at radius 3 is 2.25 bits per heavy atom. The molecule has 2 aliphatic rings. The number of nitrogens with one attached hydrogen (secondary N) is 1. The van der Waals surface area contributed by atoms with Crippen LogP contribution in [0.1, 0.15) is 61.3 Å². The monoisotopic (exact) mass is 819 g/mol. The first kappa shape index (κ1) is 42.8. The SMILES string of the molecule is NCCCCCCCC(=O)CNc1ncnc2c1ncn2[C@H]1O[C@@H](COP(=O)(O)OP(=O)(O)OC[C@H]2O[C@@H]([n+]3cccc(C(N)=O)c3)[C@@H](O)C2O)[C@@H](O)C1O. The van der Waals surface area contributed by atoms with Crippen LogP contribution in [-0.2, 0) is 36.8 Å². The number of pyridine rings is 1. The van der Waals surface area contributed by atoms with Crippen molar-refractivity contribution in [1.29, 1.82) is 0 Å². The van der Waals surface area contributed by atoms with Gasteiger partial charge >= 0.3 is 15.6 Å². The maximum absolute atomic E-state index is 12.6. The average molecular weight is 820 g/mol. The molecular formula is C30H45N8O15P2+. The maximum Gasteiger partial charge on any atom is 0.481 e. The number of Topliss-reactive ketones (excluding diaryl/α,β-unsaturated/α-hetero) is 1. The van der Waals surface area contributed by atoms with Gasteiger partial charge in [0.25, 0.3) is 12.1 Å². The molecule has 23 nitrogen and oxygen atoms in total. The molecule has 2 fully saturated rings. The molecule has 55 heavy (non-hydrogen) atoms. The molecule has 2 saturated heterocycles. The number of rotatable bonds is 21. The third kappa shape index (κ3) is 10.9. The molecule has 4 unspecified atom stereocenters. The number of aliphatic hydroxyl groups excluding tert-OH is 4. The third-order valence-electron chi connectivity index (χ3n) is 8.83. The van der Waals surface area contributed by atoms with Gasteiger partial charge in [-0.25, -0.2) is 24.1 Å². The summed E-state index contributed by atoms with van der Waals surface area (Å²) in [5.74, 6) is -0.562. The minimum Gasteiger partial charge on any atom is -0.387 e. The molecule has 3 aromatic heterocycles. The molecule has 0 radical (unpaired) electrons. The molecule has 2 aliphatic heterocycles. The van der Waals surface area contributed by atoms with E-state index in [1.165, 1.54) is 46.3 Å². The summed E-state index contributed by atoms with van der Waals surface area (Å²) in [5.41, 5.74) is 11.2. The van der Waals surface area contributed by atoms with Gasteiger partial charge in [0.1, 0.15) is 42.4 Å². The molecule has 3 aromatic rings. The summed E-state index contributed by atoms with van der Waals surface area (Å²) in [4.78, 5) is 56.8. The van der Waals surface area contributed by atoms with E-state index in [1.54, 1.807) is 0 Å². The maximum atomic E-state index is 12.6. The Labute approximate surface area is 313 Å². The van der Waals surface area contributed by atoms with Gasteiger partial charge in [-0.15, -0.1) is 0 Å². The summed E-state index contributed by atoms with van der Waals surface area (Å²) >= 11 is 0. The molecule has 5 heterocycles. The minimum atomic E-state index is -5.42. The molecule has 10 atom stereocenters. The van der Waals surface area contributed by atoms with Crippen LogP contribution in [-0.4, -0.2) is 124 Å². The quantitative estimate of drug-likeness (QED) is 0.0342. The van der Waals surface area contributed by atoms with Crippen molar-refractivity contribution < 1.29 is 76.3 Å². The van der Waals surface area contributed by atoms with Crippen molar-refractivity contribution in [2.24, 2.45) is 11.5 Å². The van der Waals surface area contributed by atoms with Crippen LogP contribution in [0.3, 0.4) is 0 Å². The highest BCUT2D eigenvalue weighted by atomic mass is 31.3. The van der Waals surface area contributed by atoms with Gasteiger partial charge in [-0.1, -0.05) is 19.3 Å². The molecule has 304 valence electrons. The average Bonchev–Trinajstić information content (AvgIpc) is 3.79. The summed E-state index contributed by atoms with van der Waals surface area (Å²) < 4.78 is 52.8. The van der Waals surface area contributed by atoms with Crippen molar-refractivity contribution >= 4 is 44.3 Å². The highest BCUT2D eigenvalue weighted by Crippen LogP contribution is 2.60. The number of hydrogen-bond donors (Lipinski definition) is 9. The molecule has 5 rings (SSSR count). The number of fused-ring (bicyclic) bond motifs is 1. The van der Waals surface area contributed by atoms with Crippen LogP contribution >= 0.6 is 15.6 Å². The largest absolute Gasteiger partial charge is 0.481 e. The number of primary amides is 1. The second-order valence-electron chi connectivity index (χ2n) is 12.9. The Hall–Kier alpha value is -3.38. The lowest BCUT2D eigenvalue weighted by Crippen LogP contribution is -2.46. The van der Waals surface area contributed by atoms with Crippen LogP contribution in [0, 0.1) is 0 Å². The Kier molecular flexibility index (Phi) is 14.5. The van der Waals surface area contributed by atoms with Crippen LogP contribution in [0.15, 0.2) is 37.2 Å². The number of phosphoric acid groups is 2. The standard InChI is InChI=1S/C30H44N8O15P2/c31-9-5-3-1-2-4-8-18(39)11-33-27-21-28(35-15-34-27)38(16-36-21)30-25(43)23(41)20(52-30)14-50-55(47,48)53-54(45,46)49-13-19-22(40)24(42)29(51-19)37-10-6-7-17(12-37)26(32)44/h6-7,10,12,15-16,19-20,22-25,29-30,40-43H,1-5,8-9,11,13-14,31H2,(H4-,32,33,34,35,44,45,46,47,48)/p+1/t19-,20+,22?,23-,24+,25?,29-,30+/m1/s1. The number of aliphatic hydroxyl groups is 4. The Morgan fingerprint density at radius 1 is 0.909 bits per heavy atom. The Bertz CT molecular complexity index is 1890. The topological polar surface area (TPSA) is 347 Å². The van der Waals surface area contributed by atoms with E-state index in [-0.39, 0.29) is 34.9 Å². The van der Waals surface area contributed by atoms with Gasteiger partial charge in [0, 0.05) is 12.5 Å². The molecule has 0 aromatic carbocycles. The van der Waals surface area contributed by atoms with E-state index in [4.69, 9.17) is 30.0 Å². The number of ketones is 1. The van der Waals surface area contributed by atoms with Crippen LogP contribution in [0.25, 0.3) is 11.2 Å². The molecule has 0 saturated carbocycles. The lowest BCUT2D eigenvalue weighted by Gasteiger charge is -2.20. The van der Waals surface area contributed by atoms with Crippen LogP contribution in [0.2, 0.25) is 0 Å². The number of anilines is 1. The normalized spacial score (nSPS) is 27.5. The fourth-order valence-electron chi connectivity index (χ4n) is 5.95. The Morgan fingerprint density at radius 2 is 1.56 bits per heavy atom. The zero-order chi connectivity index (χ0) is 39.9. The van der Waals surface area contributed by atoms with E-state index in [2.05, 4.69) is 24.6 Å². The predicted octanol–water partition coefficient (Wildman–Crippen LogP) is -1.32. The zero-order valence-corrected chi connectivity index (χ0v) is 31.1. The van der Waals surface area contributed by atoms with Crippen molar-refractivity contribution in [3.8, 4) is 0 Å². The molecular weight excluding hydrogens is 774 g/mol. The number of amides is 1. The fraction of sp³-hybridized carbons (Fsp3) is 0.600. The second-order valence-corrected chi connectivity index (χ2v) is 15.9. The number of carbonyl (C=O) groups is 2. The number of imidazole rings is 1. The van der Waals surface area contributed by atoms with Crippen molar-refractivity contribution in [3.05, 3.63) is 42.7 Å². The molecule has 0 aliphatic carbocycles. The van der Waals surface area contributed by atoms with Crippen molar-refractivity contribution in [2.45, 2.75) is 87.6 Å².